The Bertz CT molecular complexity index is 1070. The zero-order valence-electron chi connectivity index (χ0n) is 13.3. The Balaban J connectivity index is 1.80. The van der Waals surface area contributed by atoms with Crippen LogP contribution in [0.15, 0.2) is 48.8 Å². The van der Waals surface area contributed by atoms with Gasteiger partial charge in [0.2, 0.25) is 0 Å². The van der Waals surface area contributed by atoms with Crippen molar-refractivity contribution >= 4 is 40.0 Å². The largest absolute Gasteiger partial charge is 0.365 e. The number of nitrogens with one attached hydrogen (secondary N) is 2. The van der Waals surface area contributed by atoms with Crippen LogP contribution in [0.1, 0.15) is 12.5 Å². The molecule has 4 rings (SSSR count). The molecule has 0 amide bonds. The summed E-state index contributed by atoms with van der Waals surface area (Å²) in [6.07, 6.45) is 1.59. The second-order valence-corrected chi connectivity index (χ2v) is 5.98. The third-order valence-electron chi connectivity index (χ3n) is 4.17. The van der Waals surface area contributed by atoms with E-state index in [0.717, 1.165) is 45.6 Å². The Labute approximate surface area is 144 Å². The number of anilines is 1. The third-order valence-corrected chi connectivity index (χ3v) is 4.49. The SMILES string of the molecule is CCn1c(=S)[nH]c2c3ncnc(NCc4ccccc4)c3ccc21. The number of benzene rings is 2. The molecule has 2 N–H and O–H groups in total. The molecule has 24 heavy (non-hydrogen) atoms. The van der Waals surface area contributed by atoms with Crippen molar-refractivity contribution in [1.29, 1.82) is 0 Å². The molecule has 0 saturated carbocycles. The molecule has 5 nitrogen and oxygen atoms in total. The molecule has 0 unspecified atom stereocenters. The molecule has 4 aromatic rings. The Morgan fingerprint density at radius 1 is 1.12 bits per heavy atom. The molecule has 0 saturated heterocycles. The van der Waals surface area contributed by atoms with E-state index < -0.39 is 0 Å². The molecule has 6 heteroatoms. The summed E-state index contributed by atoms with van der Waals surface area (Å²) in [5, 5.41) is 4.39. The summed E-state index contributed by atoms with van der Waals surface area (Å²) in [7, 11) is 0. The Morgan fingerprint density at radius 2 is 1.96 bits per heavy atom. The van der Waals surface area contributed by atoms with Crippen molar-refractivity contribution < 1.29 is 0 Å². The predicted octanol–water partition coefficient (Wildman–Crippen LogP) is 4.27. The van der Waals surface area contributed by atoms with E-state index in [0.29, 0.717) is 0 Å². The minimum absolute atomic E-state index is 0.719. The van der Waals surface area contributed by atoms with Crippen molar-refractivity contribution in [2.45, 2.75) is 20.0 Å². The fourth-order valence-corrected chi connectivity index (χ4v) is 3.32. The molecule has 0 radical (unpaired) electrons. The van der Waals surface area contributed by atoms with E-state index in [1.807, 2.05) is 18.2 Å². The second kappa shape index (κ2) is 6.05. The van der Waals surface area contributed by atoms with Crippen molar-refractivity contribution in [3.05, 3.63) is 59.1 Å². The van der Waals surface area contributed by atoms with Crippen LogP contribution in [-0.2, 0) is 13.1 Å². The van der Waals surface area contributed by atoms with Crippen LogP contribution in [0.5, 0.6) is 0 Å². The summed E-state index contributed by atoms with van der Waals surface area (Å²) in [6.45, 7) is 3.63. The van der Waals surface area contributed by atoms with Gasteiger partial charge in [-0.2, -0.15) is 0 Å². The maximum absolute atomic E-state index is 5.41. The van der Waals surface area contributed by atoms with Gasteiger partial charge in [0.15, 0.2) is 4.77 Å². The highest BCUT2D eigenvalue weighted by molar-refractivity contribution is 7.71. The van der Waals surface area contributed by atoms with E-state index in [1.165, 1.54) is 5.56 Å². The van der Waals surface area contributed by atoms with Crippen molar-refractivity contribution in [2.24, 2.45) is 0 Å². The maximum atomic E-state index is 5.41. The highest BCUT2D eigenvalue weighted by atomic mass is 32.1. The first-order chi connectivity index (χ1) is 11.8. The van der Waals surface area contributed by atoms with E-state index in [2.05, 4.69) is 56.0 Å². The fourth-order valence-electron chi connectivity index (χ4n) is 2.99. The maximum Gasteiger partial charge on any atom is 0.178 e. The van der Waals surface area contributed by atoms with E-state index in [1.54, 1.807) is 6.33 Å². The molecule has 0 fully saturated rings. The van der Waals surface area contributed by atoms with Gasteiger partial charge in [-0.05, 0) is 36.8 Å². The van der Waals surface area contributed by atoms with Gasteiger partial charge in [-0.25, -0.2) is 9.97 Å². The lowest BCUT2D eigenvalue weighted by Gasteiger charge is -2.09. The standard InChI is InChI=1S/C18H17N5S/c1-2-23-14-9-8-13-15(16(14)22-18(23)24)20-11-21-17(13)19-10-12-6-4-3-5-7-12/h3-9,11H,2,10H2,1H3,(H,22,24)(H,19,20,21). The molecular formula is C18H17N5S. The predicted molar refractivity (Wildman–Crippen MR) is 99.7 cm³/mol. The van der Waals surface area contributed by atoms with Crippen LogP contribution in [0.25, 0.3) is 21.9 Å². The van der Waals surface area contributed by atoms with E-state index in [4.69, 9.17) is 12.2 Å². The Hall–Kier alpha value is -2.73. The summed E-state index contributed by atoms with van der Waals surface area (Å²) in [5.41, 5.74) is 4.13. The monoisotopic (exact) mass is 335 g/mol. The normalized spacial score (nSPS) is 11.2. The van der Waals surface area contributed by atoms with E-state index in [-0.39, 0.29) is 0 Å². The molecule has 0 spiro atoms. The lowest BCUT2D eigenvalue weighted by Crippen LogP contribution is -2.02. The van der Waals surface area contributed by atoms with Crippen LogP contribution in [0.2, 0.25) is 0 Å². The van der Waals surface area contributed by atoms with Crippen LogP contribution < -0.4 is 5.32 Å². The summed E-state index contributed by atoms with van der Waals surface area (Å²) < 4.78 is 2.79. The van der Waals surface area contributed by atoms with Gasteiger partial charge < -0.3 is 14.9 Å². The number of fused-ring (bicyclic) bond motifs is 3. The highest BCUT2D eigenvalue weighted by Crippen LogP contribution is 2.27. The number of aryl methyl sites for hydroxylation is 1. The number of hydrogen-bond donors (Lipinski definition) is 2. The van der Waals surface area contributed by atoms with Crippen LogP contribution in [0.4, 0.5) is 5.82 Å². The first-order valence-corrected chi connectivity index (χ1v) is 8.33. The number of aromatic amines is 1. The summed E-state index contributed by atoms with van der Waals surface area (Å²) >= 11 is 5.41. The zero-order valence-corrected chi connectivity index (χ0v) is 14.1. The molecule has 0 aliphatic heterocycles. The quantitative estimate of drug-likeness (QED) is 0.547. The van der Waals surface area contributed by atoms with Crippen molar-refractivity contribution in [2.75, 3.05) is 5.32 Å². The third kappa shape index (κ3) is 2.45. The molecule has 0 aliphatic carbocycles. The summed E-state index contributed by atoms with van der Waals surface area (Å²) in [6, 6.07) is 14.4. The number of aromatic nitrogens is 4. The van der Waals surface area contributed by atoms with Gasteiger partial charge in [0, 0.05) is 18.5 Å². The van der Waals surface area contributed by atoms with Crippen LogP contribution >= 0.6 is 12.2 Å². The number of rotatable bonds is 4. The molecular weight excluding hydrogens is 318 g/mol. The van der Waals surface area contributed by atoms with Gasteiger partial charge in [0.1, 0.15) is 17.7 Å². The van der Waals surface area contributed by atoms with Crippen molar-refractivity contribution in [1.82, 2.24) is 19.5 Å². The van der Waals surface area contributed by atoms with Crippen molar-refractivity contribution in [3.8, 4) is 0 Å². The Kier molecular flexibility index (Phi) is 3.74. The zero-order chi connectivity index (χ0) is 16.5. The first kappa shape index (κ1) is 14.8. The van der Waals surface area contributed by atoms with Gasteiger partial charge >= 0.3 is 0 Å². The first-order valence-electron chi connectivity index (χ1n) is 7.92. The van der Waals surface area contributed by atoms with E-state index >= 15 is 0 Å². The summed E-state index contributed by atoms with van der Waals surface area (Å²) in [5.74, 6) is 0.828. The number of hydrogen-bond acceptors (Lipinski definition) is 4. The minimum atomic E-state index is 0.719. The number of H-pyrrole nitrogens is 1. The molecule has 2 heterocycles. The van der Waals surface area contributed by atoms with E-state index in [9.17, 15) is 0 Å². The molecule has 0 aliphatic rings. The van der Waals surface area contributed by atoms with Crippen LogP contribution in [-0.4, -0.2) is 19.5 Å². The average Bonchev–Trinajstić information content (AvgIpc) is 2.96. The van der Waals surface area contributed by atoms with Gasteiger partial charge in [-0.3, -0.25) is 0 Å². The van der Waals surface area contributed by atoms with Crippen molar-refractivity contribution in [3.63, 3.8) is 0 Å². The topological polar surface area (TPSA) is 58.5 Å². The van der Waals surface area contributed by atoms with Crippen LogP contribution in [0, 0.1) is 4.77 Å². The van der Waals surface area contributed by atoms with Crippen LogP contribution in [0.3, 0.4) is 0 Å². The van der Waals surface area contributed by atoms with Gasteiger partial charge in [0.05, 0.1) is 11.0 Å². The molecule has 0 bridgehead atoms. The number of nitrogens with zero attached hydrogens (tertiary/aromatic N) is 3. The van der Waals surface area contributed by atoms with Gasteiger partial charge in [-0.1, -0.05) is 30.3 Å². The molecule has 2 aromatic heterocycles. The lowest BCUT2D eigenvalue weighted by atomic mass is 10.2. The minimum Gasteiger partial charge on any atom is -0.365 e. The highest BCUT2D eigenvalue weighted by Gasteiger charge is 2.11. The summed E-state index contributed by atoms with van der Waals surface area (Å²) in [4.78, 5) is 12.2. The lowest BCUT2D eigenvalue weighted by molar-refractivity contribution is 0.774. The smallest absolute Gasteiger partial charge is 0.178 e. The Morgan fingerprint density at radius 3 is 2.75 bits per heavy atom. The average molecular weight is 335 g/mol. The van der Waals surface area contributed by atoms with Gasteiger partial charge in [0.25, 0.3) is 0 Å². The van der Waals surface area contributed by atoms with Gasteiger partial charge in [-0.15, -0.1) is 0 Å². The fraction of sp³-hybridized carbons (Fsp3) is 0.167. The molecule has 0 atom stereocenters. The molecule has 120 valence electrons. The number of imidazole rings is 1. The molecule has 2 aromatic carbocycles. The second-order valence-electron chi connectivity index (χ2n) is 5.59.